The summed E-state index contributed by atoms with van der Waals surface area (Å²) in [5, 5.41) is 7.77. The van der Waals surface area contributed by atoms with Gasteiger partial charge in [-0.3, -0.25) is 0 Å². The second-order valence-corrected chi connectivity index (χ2v) is 6.88. The number of likely N-dealkylation sites (N-methyl/N-ethyl adjacent to an activating group) is 1. The zero-order valence-corrected chi connectivity index (χ0v) is 13.4. The first-order chi connectivity index (χ1) is 8.78. The van der Waals surface area contributed by atoms with Crippen LogP contribution in [0.4, 0.5) is 0 Å². The Morgan fingerprint density at radius 1 is 1.28 bits per heavy atom. The van der Waals surface area contributed by atoms with E-state index in [2.05, 4.69) is 62.3 Å². The summed E-state index contributed by atoms with van der Waals surface area (Å²) < 4.78 is 1.13. The van der Waals surface area contributed by atoms with Gasteiger partial charge in [-0.05, 0) is 60.1 Å². The summed E-state index contributed by atoms with van der Waals surface area (Å²) >= 11 is 7.13. The first-order valence-corrected chi connectivity index (χ1v) is 8.57. The Morgan fingerprint density at radius 2 is 2.06 bits per heavy atom. The Balaban J connectivity index is 1.85. The minimum atomic E-state index is 0.522. The van der Waals surface area contributed by atoms with Gasteiger partial charge >= 0.3 is 0 Å². The van der Waals surface area contributed by atoms with Crippen molar-refractivity contribution in [3.63, 3.8) is 0 Å². The minimum Gasteiger partial charge on any atom is -0.316 e. The summed E-state index contributed by atoms with van der Waals surface area (Å²) in [7, 11) is 2.04. The lowest BCUT2D eigenvalue weighted by atomic mass is 10.1. The van der Waals surface area contributed by atoms with Crippen molar-refractivity contribution in [3.8, 4) is 0 Å². The molecule has 96 valence electrons. The third-order valence-corrected chi connectivity index (χ3v) is 5.17. The molecule has 1 aromatic heterocycles. The molecule has 1 unspecified atom stereocenters. The van der Waals surface area contributed by atoms with Crippen LogP contribution in [0.2, 0.25) is 0 Å². The molecular weight excluding hydrogens is 326 g/mol. The van der Waals surface area contributed by atoms with E-state index in [0.717, 1.165) is 16.6 Å². The summed E-state index contributed by atoms with van der Waals surface area (Å²) in [6.45, 7) is 0. The molecule has 0 amide bonds. The molecule has 0 aliphatic heterocycles. The Kier molecular flexibility index (Phi) is 5.76. The van der Waals surface area contributed by atoms with Crippen LogP contribution in [-0.4, -0.2) is 18.8 Å². The van der Waals surface area contributed by atoms with Crippen LogP contribution in [0.5, 0.6) is 0 Å². The average molecular weight is 342 g/mol. The quantitative estimate of drug-likeness (QED) is 0.780. The fourth-order valence-electron chi connectivity index (χ4n) is 1.67. The SMILES string of the molecule is CNC(CSc1ccc(Br)cc1)Cc1ccsc1. The van der Waals surface area contributed by atoms with Gasteiger partial charge in [0.05, 0.1) is 0 Å². The monoisotopic (exact) mass is 341 g/mol. The Labute approximate surface area is 125 Å². The summed E-state index contributed by atoms with van der Waals surface area (Å²) in [5.74, 6) is 1.09. The first kappa shape index (κ1) is 14.1. The van der Waals surface area contributed by atoms with Crippen LogP contribution in [0.25, 0.3) is 0 Å². The van der Waals surface area contributed by atoms with Crippen molar-refractivity contribution in [1.82, 2.24) is 5.32 Å². The van der Waals surface area contributed by atoms with Crippen molar-refractivity contribution in [2.45, 2.75) is 17.4 Å². The molecule has 0 bridgehead atoms. The molecule has 0 saturated heterocycles. The van der Waals surface area contributed by atoms with Crippen molar-refractivity contribution in [2.75, 3.05) is 12.8 Å². The van der Waals surface area contributed by atoms with Crippen molar-refractivity contribution < 1.29 is 0 Å². The molecule has 0 spiro atoms. The second-order valence-electron chi connectivity index (χ2n) is 4.09. The number of thiophene rings is 1. The van der Waals surface area contributed by atoms with Crippen LogP contribution >= 0.6 is 39.0 Å². The van der Waals surface area contributed by atoms with Gasteiger partial charge in [0, 0.05) is 21.2 Å². The third kappa shape index (κ3) is 4.43. The van der Waals surface area contributed by atoms with Crippen LogP contribution < -0.4 is 5.32 Å². The summed E-state index contributed by atoms with van der Waals surface area (Å²) in [6, 6.07) is 11.2. The number of hydrogen-bond acceptors (Lipinski definition) is 3. The van der Waals surface area contributed by atoms with E-state index in [1.54, 1.807) is 11.3 Å². The van der Waals surface area contributed by atoms with Crippen LogP contribution in [0.15, 0.2) is 50.5 Å². The molecule has 0 aliphatic rings. The largest absolute Gasteiger partial charge is 0.316 e. The van der Waals surface area contributed by atoms with E-state index in [-0.39, 0.29) is 0 Å². The van der Waals surface area contributed by atoms with E-state index in [4.69, 9.17) is 0 Å². The van der Waals surface area contributed by atoms with Gasteiger partial charge in [0.15, 0.2) is 0 Å². The average Bonchev–Trinajstić information content (AvgIpc) is 2.89. The zero-order chi connectivity index (χ0) is 12.8. The predicted octanol–water partition coefficient (Wildman–Crippen LogP) is 4.43. The van der Waals surface area contributed by atoms with Crippen molar-refractivity contribution in [3.05, 3.63) is 51.1 Å². The van der Waals surface area contributed by atoms with E-state index in [0.29, 0.717) is 6.04 Å². The topological polar surface area (TPSA) is 12.0 Å². The van der Waals surface area contributed by atoms with E-state index < -0.39 is 0 Å². The molecule has 1 nitrogen and oxygen atoms in total. The Morgan fingerprint density at radius 3 is 2.67 bits per heavy atom. The summed E-state index contributed by atoms with van der Waals surface area (Å²) in [6.07, 6.45) is 1.10. The highest BCUT2D eigenvalue weighted by Gasteiger charge is 2.08. The molecule has 1 heterocycles. The van der Waals surface area contributed by atoms with E-state index in [1.165, 1.54) is 10.5 Å². The van der Waals surface area contributed by atoms with Crippen LogP contribution in [0.1, 0.15) is 5.56 Å². The Hall–Kier alpha value is -0.290. The van der Waals surface area contributed by atoms with E-state index in [9.17, 15) is 0 Å². The highest BCUT2D eigenvalue weighted by Crippen LogP contribution is 2.22. The van der Waals surface area contributed by atoms with Crippen molar-refractivity contribution >= 4 is 39.0 Å². The zero-order valence-electron chi connectivity index (χ0n) is 10.2. The molecule has 0 aliphatic carbocycles. The highest BCUT2D eigenvalue weighted by molar-refractivity contribution is 9.10. The molecule has 4 heteroatoms. The number of thioether (sulfide) groups is 1. The number of benzene rings is 1. The number of halogens is 1. The van der Waals surface area contributed by atoms with Gasteiger partial charge in [-0.25, -0.2) is 0 Å². The second kappa shape index (κ2) is 7.34. The molecule has 18 heavy (non-hydrogen) atoms. The number of hydrogen-bond donors (Lipinski definition) is 1. The molecule has 1 N–H and O–H groups in total. The fourth-order valence-corrected chi connectivity index (χ4v) is 3.62. The van der Waals surface area contributed by atoms with Gasteiger partial charge < -0.3 is 5.32 Å². The smallest absolute Gasteiger partial charge is 0.0199 e. The van der Waals surface area contributed by atoms with Gasteiger partial charge in [0.1, 0.15) is 0 Å². The van der Waals surface area contributed by atoms with Crippen LogP contribution in [0, 0.1) is 0 Å². The predicted molar refractivity (Wildman–Crippen MR) is 85.7 cm³/mol. The maximum atomic E-state index is 3.46. The van der Waals surface area contributed by atoms with Gasteiger partial charge in [0.25, 0.3) is 0 Å². The molecule has 1 atom stereocenters. The lowest BCUT2D eigenvalue weighted by Crippen LogP contribution is -2.29. The van der Waals surface area contributed by atoms with Crippen LogP contribution in [-0.2, 0) is 6.42 Å². The van der Waals surface area contributed by atoms with Crippen molar-refractivity contribution in [2.24, 2.45) is 0 Å². The Bertz CT molecular complexity index is 453. The number of rotatable bonds is 6. The minimum absolute atomic E-state index is 0.522. The van der Waals surface area contributed by atoms with Gasteiger partial charge in [-0.15, -0.1) is 11.8 Å². The number of nitrogens with one attached hydrogen (secondary N) is 1. The normalized spacial score (nSPS) is 12.6. The molecule has 0 radical (unpaired) electrons. The standard InChI is InChI=1S/C14H16BrNS2/c1-16-13(8-11-6-7-17-9-11)10-18-14-4-2-12(15)3-5-14/h2-7,9,13,16H,8,10H2,1H3. The summed E-state index contributed by atoms with van der Waals surface area (Å²) in [5.41, 5.74) is 1.43. The van der Waals surface area contributed by atoms with Gasteiger partial charge in [-0.2, -0.15) is 11.3 Å². The molecule has 0 fully saturated rings. The molecule has 1 aromatic carbocycles. The van der Waals surface area contributed by atoms with E-state index in [1.807, 2.05) is 18.8 Å². The van der Waals surface area contributed by atoms with Gasteiger partial charge in [0.2, 0.25) is 0 Å². The summed E-state index contributed by atoms with van der Waals surface area (Å²) in [4.78, 5) is 1.32. The first-order valence-electron chi connectivity index (χ1n) is 5.84. The van der Waals surface area contributed by atoms with Crippen LogP contribution in [0.3, 0.4) is 0 Å². The van der Waals surface area contributed by atoms with Crippen molar-refractivity contribution in [1.29, 1.82) is 0 Å². The maximum Gasteiger partial charge on any atom is 0.0199 e. The molecule has 0 saturated carbocycles. The molecular formula is C14H16BrNS2. The maximum absolute atomic E-state index is 3.46. The highest BCUT2D eigenvalue weighted by atomic mass is 79.9. The van der Waals surface area contributed by atoms with E-state index >= 15 is 0 Å². The lowest BCUT2D eigenvalue weighted by Gasteiger charge is -2.15. The van der Waals surface area contributed by atoms with Gasteiger partial charge in [-0.1, -0.05) is 15.9 Å². The lowest BCUT2D eigenvalue weighted by molar-refractivity contribution is 0.618. The fraction of sp³-hybridized carbons (Fsp3) is 0.286. The molecule has 2 aromatic rings. The third-order valence-electron chi connectivity index (χ3n) is 2.74. The molecule has 2 rings (SSSR count).